The van der Waals surface area contributed by atoms with Crippen LogP contribution in [0.15, 0.2) is 24.3 Å². The lowest BCUT2D eigenvalue weighted by Gasteiger charge is -2.29. The van der Waals surface area contributed by atoms with Crippen LogP contribution in [-0.4, -0.2) is 0 Å². The molecule has 15 heavy (non-hydrogen) atoms. The molecule has 1 fully saturated rings. The monoisotopic (exact) mass is 206 g/mol. The van der Waals surface area contributed by atoms with Crippen LogP contribution in [0.2, 0.25) is 0 Å². The van der Waals surface area contributed by atoms with Gasteiger partial charge in [0.25, 0.3) is 0 Å². The number of hydrogen-bond donors (Lipinski definition) is 0. The standard InChI is InChI=1S/C14H19F/c1-2-9-14(10-3-4-11-14)12-5-7-13(15)8-6-12/h5-8H,2-4,9-11H2,1H3. The molecule has 0 aliphatic heterocycles. The van der Waals surface area contributed by atoms with E-state index in [1.165, 1.54) is 44.1 Å². The first-order valence-corrected chi connectivity index (χ1v) is 6.03. The second-order valence-electron chi connectivity index (χ2n) is 4.74. The summed E-state index contributed by atoms with van der Waals surface area (Å²) >= 11 is 0. The van der Waals surface area contributed by atoms with Crippen molar-refractivity contribution in [2.75, 3.05) is 0 Å². The molecule has 1 aromatic carbocycles. The van der Waals surface area contributed by atoms with Crippen molar-refractivity contribution in [1.29, 1.82) is 0 Å². The van der Waals surface area contributed by atoms with Gasteiger partial charge < -0.3 is 0 Å². The van der Waals surface area contributed by atoms with E-state index in [9.17, 15) is 4.39 Å². The Morgan fingerprint density at radius 3 is 2.27 bits per heavy atom. The van der Waals surface area contributed by atoms with Crippen molar-refractivity contribution in [2.24, 2.45) is 0 Å². The van der Waals surface area contributed by atoms with Crippen molar-refractivity contribution in [3.05, 3.63) is 35.6 Å². The Morgan fingerprint density at radius 1 is 1.13 bits per heavy atom. The zero-order chi connectivity index (χ0) is 10.7. The summed E-state index contributed by atoms with van der Waals surface area (Å²) in [5.74, 6) is -0.122. The number of hydrogen-bond acceptors (Lipinski definition) is 0. The van der Waals surface area contributed by atoms with Gasteiger partial charge in [-0.25, -0.2) is 4.39 Å². The fourth-order valence-electron chi connectivity index (χ4n) is 3.02. The van der Waals surface area contributed by atoms with Gasteiger partial charge in [-0.2, -0.15) is 0 Å². The van der Waals surface area contributed by atoms with Crippen molar-refractivity contribution in [3.63, 3.8) is 0 Å². The Kier molecular flexibility index (Phi) is 3.08. The van der Waals surface area contributed by atoms with Gasteiger partial charge in [-0.3, -0.25) is 0 Å². The molecule has 0 amide bonds. The zero-order valence-electron chi connectivity index (χ0n) is 9.43. The quantitative estimate of drug-likeness (QED) is 0.686. The maximum absolute atomic E-state index is 12.9. The first-order chi connectivity index (χ1) is 7.27. The van der Waals surface area contributed by atoms with Gasteiger partial charge in [0.1, 0.15) is 5.82 Å². The highest BCUT2D eigenvalue weighted by atomic mass is 19.1. The molecule has 1 heteroatoms. The van der Waals surface area contributed by atoms with Crippen LogP contribution >= 0.6 is 0 Å². The molecule has 0 unspecified atom stereocenters. The summed E-state index contributed by atoms with van der Waals surface area (Å²) in [6.45, 7) is 2.24. The molecule has 1 aliphatic rings. The van der Waals surface area contributed by atoms with Crippen LogP contribution in [0, 0.1) is 5.82 Å². The van der Waals surface area contributed by atoms with Gasteiger partial charge in [0.05, 0.1) is 0 Å². The summed E-state index contributed by atoms with van der Waals surface area (Å²) in [5, 5.41) is 0. The lowest BCUT2D eigenvalue weighted by atomic mass is 9.75. The average Bonchev–Trinajstić information content (AvgIpc) is 2.69. The molecule has 1 saturated carbocycles. The van der Waals surface area contributed by atoms with Crippen LogP contribution in [0.25, 0.3) is 0 Å². The third kappa shape index (κ3) is 2.06. The van der Waals surface area contributed by atoms with Gasteiger partial charge in [-0.05, 0) is 42.4 Å². The molecule has 0 aromatic heterocycles. The van der Waals surface area contributed by atoms with E-state index < -0.39 is 0 Å². The lowest BCUT2D eigenvalue weighted by molar-refractivity contribution is 0.400. The van der Waals surface area contributed by atoms with Crippen molar-refractivity contribution in [3.8, 4) is 0 Å². The largest absolute Gasteiger partial charge is 0.207 e. The van der Waals surface area contributed by atoms with Gasteiger partial charge in [-0.1, -0.05) is 38.3 Å². The third-order valence-corrected chi connectivity index (χ3v) is 3.75. The van der Waals surface area contributed by atoms with Crippen molar-refractivity contribution < 1.29 is 4.39 Å². The van der Waals surface area contributed by atoms with E-state index in [-0.39, 0.29) is 5.82 Å². The first-order valence-electron chi connectivity index (χ1n) is 6.03. The molecule has 0 N–H and O–H groups in total. The minimum Gasteiger partial charge on any atom is -0.207 e. The molecule has 0 atom stereocenters. The fourth-order valence-corrected chi connectivity index (χ4v) is 3.02. The maximum atomic E-state index is 12.9. The van der Waals surface area contributed by atoms with Crippen LogP contribution in [0.1, 0.15) is 51.0 Å². The molecule has 2 rings (SSSR count). The van der Waals surface area contributed by atoms with Gasteiger partial charge in [0.15, 0.2) is 0 Å². The average molecular weight is 206 g/mol. The minimum absolute atomic E-state index is 0.122. The topological polar surface area (TPSA) is 0 Å². The van der Waals surface area contributed by atoms with Crippen LogP contribution < -0.4 is 0 Å². The van der Waals surface area contributed by atoms with E-state index in [2.05, 4.69) is 6.92 Å². The summed E-state index contributed by atoms with van der Waals surface area (Å²) in [5.41, 5.74) is 1.71. The van der Waals surface area contributed by atoms with Gasteiger partial charge in [-0.15, -0.1) is 0 Å². The van der Waals surface area contributed by atoms with Crippen molar-refractivity contribution in [2.45, 2.75) is 50.9 Å². The third-order valence-electron chi connectivity index (χ3n) is 3.75. The Bertz CT molecular complexity index is 307. The van der Waals surface area contributed by atoms with Crippen molar-refractivity contribution >= 4 is 0 Å². The molecule has 0 nitrogen and oxygen atoms in total. The Labute approximate surface area is 91.5 Å². The highest BCUT2D eigenvalue weighted by Gasteiger charge is 2.34. The van der Waals surface area contributed by atoms with E-state index in [0.717, 1.165) is 0 Å². The normalized spacial score (nSPS) is 19.3. The summed E-state index contributed by atoms with van der Waals surface area (Å²) in [4.78, 5) is 0. The molecular formula is C14H19F. The van der Waals surface area contributed by atoms with E-state index in [1.807, 2.05) is 12.1 Å². The van der Waals surface area contributed by atoms with Gasteiger partial charge in [0.2, 0.25) is 0 Å². The number of benzene rings is 1. The smallest absolute Gasteiger partial charge is 0.123 e. The van der Waals surface area contributed by atoms with Gasteiger partial charge in [0, 0.05) is 0 Å². The predicted octanol–water partition coefficient (Wildman–Crippen LogP) is 4.44. The Morgan fingerprint density at radius 2 is 1.73 bits per heavy atom. The second-order valence-corrected chi connectivity index (χ2v) is 4.74. The summed E-state index contributed by atoms with van der Waals surface area (Å²) in [7, 11) is 0. The Balaban J connectivity index is 2.28. The zero-order valence-corrected chi connectivity index (χ0v) is 9.43. The number of rotatable bonds is 3. The summed E-state index contributed by atoms with van der Waals surface area (Å²) in [6, 6.07) is 7.17. The molecule has 0 heterocycles. The second kappa shape index (κ2) is 4.34. The molecule has 0 saturated heterocycles. The van der Waals surface area contributed by atoms with E-state index in [4.69, 9.17) is 0 Å². The van der Waals surface area contributed by atoms with E-state index in [1.54, 1.807) is 12.1 Å². The highest BCUT2D eigenvalue weighted by molar-refractivity contribution is 5.27. The fraction of sp³-hybridized carbons (Fsp3) is 0.571. The number of halogens is 1. The lowest BCUT2D eigenvalue weighted by Crippen LogP contribution is -2.21. The first kappa shape index (κ1) is 10.7. The summed E-state index contributed by atoms with van der Waals surface area (Å²) < 4.78 is 12.9. The van der Waals surface area contributed by atoms with Crippen LogP contribution in [0.4, 0.5) is 4.39 Å². The minimum atomic E-state index is -0.122. The molecular weight excluding hydrogens is 187 g/mol. The molecule has 1 aliphatic carbocycles. The molecule has 82 valence electrons. The van der Waals surface area contributed by atoms with E-state index in [0.29, 0.717) is 5.41 Å². The molecule has 0 radical (unpaired) electrons. The van der Waals surface area contributed by atoms with Crippen molar-refractivity contribution in [1.82, 2.24) is 0 Å². The highest BCUT2D eigenvalue weighted by Crippen LogP contribution is 2.44. The summed E-state index contributed by atoms with van der Waals surface area (Å²) in [6.07, 6.45) is 7.70. The van der Waals surface area contributed by atoms with Gasteiger partial charge >= 0.3 is 0 Å². The molecule has 0 spiro atoms. The van der Waals surface area contributed by atoms with Crippen LogP contribution in [-0.2, 0) is 5.41 Å². The van der Waals surface area contributed by atoms with Crippen LogP contribution in [0.5, 0.6) is 0 Å². The maximum Gasteiger partial charge on any atom is 0.123 e. The Hall–Kier alpha value is -0.850. The SMILES string of the molecule is CCCC1(c2ccc(F)cc2)CCCC1. The van der Waals surface area contributed by atoms with E-state index >= 15 is 0 Å². The molecule has 1 aromatic rings. The predicted molar refractivity (Wildman–Crippen MR) is 61.5 cm³/mol. The molecule has 0 bridgehead atoms. The van der Waals surface area contributed by atoms with Crippen LogP contribution in [0.3, 0.4) is 0 Å².